The third-order valence-electron chi connectivity index (χ3n) is 2.24. The number of benzene rings is 1. The summed E-state index contributed by atoms with van der Waals surface area (Å²) in [5.74, 6) is 0. The molecule has 18 heavy (non-hydrogen) atoms. The van der Waals surface area contributed by atoms with Crippen LogP contribution in [0.1, 0.15) is 11.1 Å². The molecule has 0 saturated heterocycles. The van der Waals surface area contributed by atoms with Gasteiger partial charge in [-0.15, -0.1) is 0 Å². The van der Waals surface area contributed by atoms with Gasteiger partial charge in [0.1, 0.15) is 6.54 Å². The quantitative estimate of drug-likeness (QED) is 0.780. The zero-order valence-corrected chi connectivity index (χ0v) is 9.77. The molecule has 7 heteroatoms. The number of nitrogens with two attached hydrogens (primary N) is 1. The third-order valence-corrected chi connectivity index (χ3v) is 2.24. The maximum Gasteiger partial charge on any atom is 0.405 e. The lowest BCUT2D eigenvalue weighted by Gasteiger charge is -2.12. The largest absolute Gasteiger partial charge is 0.405 e. The highest BCUT2D eigenvalue weighted by atomic mass is 19.4. The van der Waals surface area contributed by atoms with E-state index in [1.54, 1.807) is 30.4 Å². The van der Waals surface area contributed by atoms with Gasteiger partial charge in [-0.1, -0.05) is 12.1 Å². The highest BCUT2D eigenvalue weighted by Gasteiger charge is 2.27. The van der Waals surface area contributed by atoms with Crippen LogP contribution < -0.4 is 16.4 Å². The highest BCUT2D eigenvalue weighted by molar-refractivity contribution is 5.90. The lowest BCUT2D eigenvalue weighted by molar-refractivity contribution is -0.122. The van der Waals surface area contributed by atoms with Crippen molar-refractivity contribution in [1.82, 2.24) is 5.32 Å². The summed E-state index contributed by atoms with van der Waals surface area (Å²) in [5, 5.41) is 4.08. The van der Waals surface area contributed by atoms with Gasteiger partial charge in [0.2, 0.25) is 0 Å². The van der Waals surface area contributed by atoms with Gasteiger partial charge in [-0.3, -0.25) is 0 Å². The van der Waals surface area contributed by atoms with Gasteiger partial charge >= 0.3 is 12.2 Å². The Balaban J connectivity index is 2.64. The van der Waals surface area contributed by atoms with Gasteiger partial charge in [0.15, 0.2) is 0 Å². The molecule has 100 valence electrons. The van der Waals surface area contributed by atoms with E-state index in [4.69, 9.17) is 5.73 Å². The second-order valence-electron chi connectivity index (χ2n) is 3.78. The first kappa shape index (κ1) is 14.3. The van der Waals surface area contributed by atoms with Crippen LogP contribution in [0, 0.1) is 6.92 Å². The number of aryl methyl sites for hydroxylation is 1. The summed E-state index contributed by atoms with van der Waals surface area (Å²) >= 11 is 0. The molecule has 1 aromatic rings. The minimum Gasteiger partial charge on any atom is -0.329 e. The zero-order chi connectivity index (χ0) is 13.8. The van der Waals surface area contributed by atoms with Gasteiger partial charge in [0, 0.05) is 12.2 Å². The van der Waals surface area contributed by atoms with E-state index in [1.165, 1.54) is 0 Å². The van der Waals surface area contributed by atoms with Crippen LogP contribution in [0.15, 0.2) is 18.2 Å². The normalized spacial score (nSPS) is 11.2. The highest BCUT2D eigenvalue weighted by Crippen LogP contribution is 2.17. The smallest absolute Gasteiger partial charge is 0.329 e. The first-order valence-electron chi connectivity index (χ1n) is 5.23. The number of carbonyl (C=O) groups is 1. The molecule has 0 saturated carbocycles. The number of amides is 2. The van der Waals surface area contributed by atoms with Crippen LogP contribution in [0.2, 0.25) is 0 Å². The Hall–Kier alpha value is -1.76. The number of anilines is 1. The minimum atomic E-state index is -4.43. The van der Waals surface area contributed by atoms with Crippen molar-refractivity contribution in [2.24, 2.45) is 5.73 Å². The molecule has 0 unspecified atom stereocenters. The fraction of sp³-hybridized carbons (Fsp3) is 0.364. The van der Waals surface area contributed by atoms with Crippen LogP contribution in [-0.4, -0.2) is 18.8 Å². The number of carbonyl (C=O) groups excluding carboxylic acids is 1. The van der Waals surface area contributed by atoms with Gasteiger partial charge in [-0.05, 0) is 24.1 Å². The molecule has 4 nitrogen and oxygen atoms in total. The average Bonchev–Trinajstić information content (AvgIpc) is 2.28. The Morgan fingerprint density at radius 3 is 2.61 bits per heavy atom. The Bertz CT molecular complexity index is 432. The number of alkyl halides is 3. The molecular formula is C11H14F3N3O. The molecule has 0 aliphatic carbocycles. The van der Waals surface area contributed by atoms with Crippen molar-refractivity contribution < 1.29 is 18.0 Å². The van der Waals surface area contributed by atoms with Crippen molar-refractivity contribution >= 4 is 11.7 Å². The lowest BCUT2D eigenvalue weighted by atomic mass is 10.1. The van der Waals surface area contributed by atoms with Gasteiger partial charge in [-0.2, -0.15) is 13.2 Å². The standard InChI is InChI=1S/C11H14F3N3O/c1-7-2-3-8(5-15)4-9(7)17-10(18)16-6-11(12,13)14/h2-4H,5-6,15H2,1H3,(H2,16,17,18). The molecule has 1 rings (SSSR count). The van der Waals surface area contributed by atoms with E-state index in [1.807, 2.05) is 0 Å². The first-order chi connectivity index (χ1) is 8.31. The van der Waals surface area contributed by atoms with Crippen LogP contribution in [0.3, 0.4) is 0 Å². The van der Waals surface area contributed by atoms with E-state index in [2.05, 4.69) is 5.32 Å². The molecule has 0 bridgehead atoms. The molecule has 2 amide bonds. The van der Waals surface area contributed by atoms with Crippen molar-refractivity contribution in [1.29, 1.82) is 0 Å². The fourth-order valence-corrected chi connectivity index (χ4v) is 1.28. The molecule has 0 radical (unpaired) electrons. The summed E-state index contributed by atoms with van der Waals surface area (Å²) in [6.07, 6.45) is -4.43. The van der Waals surface area contributed by atoms with E-state index >= 15 is 0 Å². The Morgan fingerprint density at radius 1 is 1.39 bits per heavy atom. The van der Waals surface area contributed by atoms with Crippen molar-refractivity contribution in [3.63, 3.8) is 0 Å². The summed E-state index contributed by atoms with van der Waals surface area (Å²) in [6.45, 7) is 0.660. The van der Waals surface area contributed by atoms with Crippen LogP contribution in [-0.2, 0) is 6.54 Å². The van der Waals surface area contributed by atoms with Gasteiger partial charge in [0.25, 0.3) is 0 Å². The first-order valence-corrected chi connectivity index (χ1v) is 5.23. The predicted octanol–water partition coefficient (Wildman–Crippen LogP) is 2.14. The predicted molar refractivity (Wildman–Crippen MR) is 62.1 cm³/mol. The summed E-state index contributed by atoms with van der Waals surface area (Å²) in [6, 6.07) is 4.25. The topological polar surface area (TPSA) is 67.1 Å². The molecule has 0 heterocycles. The van der Waals surface area contributed by atoms with Crippen LogP contribution in [0.25, 0.3) is 0 Å². The van der Waals surface area contributed by atoms with Gasteiger partial charge in [0.05, 0.1) is 0 Å². The Morgan fingerprint density at radius 2 is 2.06 bits per heavy atom. The summed E-state index contributed by atoms with van der Waals surface area (Å²) < 4.78 is 35.7. The molecule has 0 spiro atoms. The number of nitrogens with one attached hydrogen (secondary N) is 2. The Labute approximate surface area is 102 Å². The van der Waals surface area contributed by atoms with E-state index in [9.17, 15) is 18.0 Å². The number of rotatable bonds is 3. The summed E-state index contributed by atoms with van der Waals surface area (Å²) in [5.41, 5.74) is 7.41. The van der Waals surface area contributed by atoms with E-state index in [0.717, 1.165) is 11.1 Å². The molecule has 0 aliphatic heterocycles. The summed E-state index contributed by atoms with van der Waals surface area (Å²) in [7, 11) is 0. The lowest BCUT2D eigenvalue weighted by Crippen LogP contribution is -2.36. The van der Waals surface area contributed by atoms with Crippen LogP contribution >= 0.6 is 0 Å². The van der Waals surface area contributed by atoms with E-state index < -0.39 is 18.8 Å². The van der Waals surface area contributed by atoms with E-state index in [0.29, 0.717) is 12.2 Å². The second kappa shape index (κ2) is 5.72. The average molecular weight is 261 g/mol. The van der Waals surface area contributed by atoms with Crippen LogP contribution in [0.4, 0.5) is 23.7 Å². The maximum absolute atomic E-state index is 11.9. The van der Waals surface area contributed by atoms with E-state index in [-0.39, 0.29) is 0 Å². The minimum absolute atomic E-state index is 0.291. The van der Waals surface area contributed by atoms with Crippen molar-refractivity contribution in [3.8, 4) is 0 Å². The molecule has 0 fully saturated rings. The number of urea groups is 1. The fourth-order valence-electron chi connectivity index (χ4n) is 1.28. The zero-order valence-electron chi connectivity index (χ0n) is 9.77. The van der Waals surface area contributed by atoms with Crippen LogP contribution in [0.5, 0.6) is 0 Å². The number of halogens is 3. The molecule has 0 atom stereocenters. The third kappa shape index (κ3) is 4.62. The van der Waals surface area contributed by atoms with Crippen molar-refractivity contribution in [3.05, 3.63) is 29.3 Å². The number of hydrogen-bond donors (Lipinski definition) is 3. The molecule has 0 aliphatic rings. The van der Waals surface area contributed by atoms with Crippen molar-refractivity contribution in [2.75, 3.05) is 11.9 Å². The molecule has 1 aromatic carbocycles. The Kier molecular flexibility index (Phi) is 4.55. The SMILES string of the molecule is Cc1ccc(CN)cc1NC(=O)NCC(F)(F)F. The second-order valence-corrected chi connectivity index (χ2v) is 3.78. The maximum atomic E-state index is 11.9. The van der Waals surface area contributed by atoms with Crippen molar-refractivity contribution in [2.45, 2.75) is 19.6 Å². The summed E-state index contributed by atoms with van der Waals surface area (Å²) in [4.78, 5) is 11.3. The monoisotopic (exact) mass is 261 g/mol. The number of hydrogen-bond acceptors (Lipinski definition) is 2. The van der Waals surface area contributed by atoms with Gasteiger partial charge in [-0.25, -0.2) is 4.79 Å². The molecular weight excluding hydrogens is 247 g/mol. The van der Waals surface area contributed by atoms with Gasteiger partial charge < -0.3 is 16.4 Å². The molecule has 0 aromatic heterocycles. The molecule has 4 N–H and O–H groups in total.